The van der Waals surface area contributed by atoms with E-state index in [1.165, 1.54) is 13.8 Å². The van der Waals surface area contributed by atoms with Crippen LogP contribution in [0.1, 0.15) is 38.3 Å². The van der Waals surface area contributed by atoms with Crippen molar-refractivity contribution < 1.29 is 19.0 Å². The molecular weight excluding hydrogens is 389 g/mol. The van der Waals surface area contributed by atoms with Crippen molar-refractivity contribution in [3.05, 3.63) is 27.7 Å². The van der Waals surface area contributed by atoms with Gasteiger partial charge in [-0.05, 0) is 54.8 Å². The lowest BCUT2D eigenvalue weighted by Crippen LogP contribution is -2.44. The van der Waals surface area contributed by atoms with Gasteiger partial charge in [0.15, 0.2) is 5.60 Å². The maximum absolute atomic E-state index is 15.0. The molecule has 0 aliphatic carbocycles. The molecule has 1 fully saturated rings. The van der Waals surface area contributed by atoms with Crippen molar-refractivity contribution in [1.29, 1.82) is 0 Å². The quantitative estimate of drug-likeness (QED) is 0.821. The van der Waals surface area contributed by atoms with Crippen molar-refractivity contribution in [3.63, 3.8) is 0 Å². The van der Waals surface area contributed by atoms with E-state index in [4.69, 9.17) is 4.74 Å². The second-order valence-corrected chi connectivity index (χ2v) is 8.64. The molecular formula is C19H25BrFNO3. The summed E-state index contributed by atoms with van der Waals surface area (Å²) in [7, 11) is 1.72. The topological polar surface area (TPSA) is 49.8 Å². The SMILES string of the molecule is Cc1cc(Br)c2c(c1)[C@@]1(O[C@H](CCO)[C@@H](C(C)(C)F)[C@@H]1C)C(=O)N2C. The van der Waals surface area contributed by atoms with Crippen LogP contribution in [0.5, 0.6) is 0 Å². The Bertz CT molecular complexity index is 717. The summed E-state index contributed by atoms with van der Waals surface area (Å²) in [5.41, 5.74) is -0.153. The molecule has 138 valence electrons. The lowest BCUT2D eigenvalue weighted by molar-refractivity contribution is -0.146. The van der Waals surface area contributed by atoms with Crippen LogP contribution in [-0.4, -0.2) is 36.4 Å². The first kappa shape index (κ1) is 18.8. The van der Waals surface area contributed by atoms with Gasteiger partial charge in [-0.1, -0.05) is 13.0 Å². The van der Waals surface area contributed by atoms with Crippen LogP contribution in [0.3, 0.4) is 0 Å². The van der Waals surface area contributed by atoms with Crippen LogP contribution in [0.4, 0.5) is 10.1 Å². The largest absolute Gasteiger partial charge is 0.396 e. The smallest absolute Gasteiger partial charge is 0.264 e. The highest BCUT2D eigenvalue weighted by Crippen LogP contribution is 2.59. The summed E-state index contributed by atoms with van der Waals surface area (Å²) >= 11 is 3.55. The number of amides is 1. The number of halogens is 2. The van der Waals surface area contributed by atoms with Gasteiger partial charge in [-0.3, -0.25) is 4.79 Å². The third-order valence-corrected chi connectivity index (χ3v) is 6.29. The summed E-state index contributed by atoms with van der Waals surface area (Å²) < 4.78 is 22.2. The molecule has 1 N–H and O–H groups in total. The fourth-order valence-electron chi connectivity index (χ4n) is 4.77. The average molecular weight is 414 g/mol. The van der Waals surface area contributed by atoms with Crippen molar-refractivity contribution in [2.24, 2.45) is 11.8 Å². The molecule has 0 unspecified atom stereocenters. The molecule has 1 aromatic rings. The van der Waals surface area contributed by atoms with Crippen molar-refractivity contribution >= 4 is 27.5 Å². The van der Waals surface area contributed by atoms with Gasteiger partial charge in [0.05, 0.1) is 11.8 Å². The number of carbonyl (C=O) groups is 1. The van der Waals surface area contributed by atoms with Crippen LogP contribution >= 0.6 is 15.9 Å². The van der Waals surface area contributed by atoms with E-state index >= 15 is 4.39 Å². The number of anilines is 1. The standard InChI is InChI=1S/C19H25BrFNO3/c1-10-8-12-16(13(20)9-10)22(5)17(24)19(12)11(2)15(18(3,4)21)14(25-19)6-7-23/h8-9,11,14-15,23H,6-7H2,1-5H3/t11-,14+,15-,19+/m0/s1. The number of likely N-dealkylation sites (N-methyl/N-ethyl adjacent to an activating group) is 1. The molecule has 0 aromatic heterocycles. The van der Waals surface area contributed by atoms with Gasteiger partial charge in [0, 0.05) is 35.5 Å². The predicted molar refractivity (Wildman–Crippen MR) is 98.4 cm³/mol. The summed E-state index contributed by atoms with van der Waals surface area (Å²) in [6.45, 7) is 6.80. The van der Waals surface area contributed by atoms with Crippen molar-refractivity contribution in [3.8, 4) is 0 Å². The Labute approximate surface area is 156 Å². The van der Waals surface area contributed by atoms with Crippen LogP contribution in [0, 0.1) is 18.8 Å². The van der Waals surface area contributed by atoms with E-state index in [1.807, 2.05) is 26.0 Å². The number of benzene rings is 1. The number of aliphatic hydroxyl groups is 1. The average Bonchev–Trinajstić information content (AvgIpc) is 2.88. The fourth-order valence-corrected chi connectivity index (χ4v) is 5.62. The fraction of sp³-hybridized carbons (Fsp3) is 0.632. The first-order valence-corrected chi connectivity index (χ1v) is 9.41. The maximum Gasteiger partial charge on any atom is 0.264 e. The third-order valence-electron chi connectivity index (χ3n) is 5.69. The molecule has 4 nitrogen and oxygen atoms in total. The van der Waals surface area contributed by atoms with Crippen LogP contribution in [-0.2, 0) is 15.1 Å². The van der Waals surface area contributed by atoms with Crippen LogP contribution in [0.2, 0.25) is 0 Å². The minimum atomic E-state index is -1.52. The van der Waals surface area contributed by atoms with Gasteiger partial charge >= 0.3 is 0 Å². The Balaban J connectivity index is 2.22. The summed E-state index contributed by atoms with van der Waals surface area (Å²) in [6.07, 6.45) is -0.203. The van der Waals surface area contributed by atoms with Gasteiger partial charge in [0.25, 0.3) is 5.91 Å². The Morgan fingerprint density at radius 1 is 1.44 bits per heavy atom. The lowest BCUT2D eigenvalue weighted by Gasteiger charge is -2.32. The van der Waals surface area contributed by atoms with E-state index < -0.39 is 23.3 Å². The summed E-state index contributed by atoms with van der Waals surface area (Å²) in [5, 5.41) is 9.42. The number of hydrogen-bond donors (Lipinski definition) is 1. The van der Waals surface area contributed by atoms with E-state index in [2.05, 4.69) is 15.9 Å². The molecule has 2 heterocycles. The van der Waals surface area contributed by atoms with Gasteiger partial charge in [-0.2, -0.15) is 0 Å². The summed E-state index contributed by atoms with van der Waals surface area (Å²) in [6, 6.07) is 3.92. The molecule has 1 amide bonds. The number of hydrogen-bond acceptors (Lipinski definition) is 3. The Kier molecular flexibility index (Phi) is 4.54. The second-order valence-electron chi connectivity index (χ2n) is 7.79. The Morgan fingerprint density at radius 3 is 2.64 bits per heavy atom. The first-order chi connectivity index (χ1) is 11.6. The molecule has 0 bridgehead atoms. The number of ether oxygens (including phenoxy) is 1. The molecule has 1 spiro atoms. The van der Waals surface area contributed by atoms with Crippen molar-refractivity contribution in [1.82, 2.24) is 0 Å². The van der Waals surface area contributed by atoms with Crippen LogP contribution in [0.15, 0.2) is 16.6 Å². The van der Waals surface area contributed by atoms with E-state index in [1.54, 1.807) is 11.9 Å². The predicted octanol–water partition coefficient (Wildman–Crippen LogP) is 3.71. The first-order valence-electron chi connectivity index (χ1n) is 8.62. The van der Waals surface area contributed by atoms with Gasteiger partial charge in [-0.25, -0.2) is 4.39 Å². The highest BCUT2D eigenvalue weighted by molar-refractivity contribution is 9.10. The molecule has 3 rings (SSSR count). The van der Waals surface area contributed by atoms with Gasteiger partial charge in [0.1, 0.15) is 5.67 Å². The normalized spacial score (nSPS) is 31.9. The minimum Gasteiger partial charge on any atom is -0.396 e. The number of rotatable bonds is 3. The summed E-state index contributed by atoms with van der Waals surface area (Å²) in [5.74, 6) is -1.01. The van der Waals surface area contributed by atoms with Crippen LogP contribution < -0.4 is 4.90 Å². The van der Waals surface area contributed by atoms with E-state index in [0.717, 1.165) is 21.3 Å². The number of aryl methyl sites for hydroxylation is 1. The molecule has 25 heavy (non-hydrogen) atoms. The Hall–Kier alpha value is -0.980. The zero-order valence-corrected chi connectivity index (χ0v) is 16.9. The molecule has 2 aliphatic rings. The molecule has 4 atom stereocenters. The van der Waals surface area contributed by atoms with Crippen molar-refractivity contribution in [2.45, 2.75) is 51.5 Å². The highest BCUT2D eigenvalue weighted by Gasteiger charge is 2.65. The number of nitrogens with zero attached hydrogens (tertiary/aromatic N) is 1. The number of alkyl halides is 1. The molecule has 0 radical (unpaired) electrons. The zero-order chi connectivity index (χ0) is 18.7. The minimum absolute atomic E-state index is 0.103. The Morgan fingerprint density at radius 2 is 2.08 bits per heavy atom. The lowest BCUT2D eigenvalue weighted by atomic mass is 9.71. The molecule has 1 saturated heterocycles. The number of carbonyl (C=O) groups excluding carboxylic acids is 1. The molecule has 1 aromatic carbocycles. The number of aliphatic hydroxyl groups excluding tert-OH is 1. The van der Waals surface area contributed by atoms with Gasteiger partial charge in [0.2, 0.25) is 0 Å². The van der Waals surface area contributed by atoms with Gasteiger partial charge in [-0.15, -0.1) is 0 Å². The molecule has 0 saturated carbocycles. The number of fused-ring (bicyclic) bond motifs is 2. The molecule has 6 heteroatoms. The van der Waals surface area contributed by atoms with Gasteiger partial charge < -0.3 is 14.7 Å². The van der Waals surface area contributed by atoms with Crippen molar-refractivity contribution in [2.75, 3.05) is 18.6 Å². The maximum atomic E-state index is 15.0. The zero-order valence-electron chi connectivity index (χ0n) is 15.3. The summed E-state index contributed by atoms with van der Waals surface area (Å²) in [4.78, 5) is 14.9. The van der Waals surface area contributed by atoms with E-state index in [-0.39, 0.29) is 18.4 Å². The van der Waals surface area contributed by atoms with E-state index in [9.17, 15) is 9.90 Å². The van der Waals surface area contributed by atoms with E-state index in [0.29, 0.717) is 6.42 Å². The monoisotopic (exact) mass is 413 g/mol. The highest BCUT2D eigenvalue weighted by atomic mass is 79.9. The third kappa shape index (κ3) is 2.56. The second kappa shape index (κ2) is 6.03. The van der Waals surface area contributed by atoms with Crippen LogP contribution in [0.25, 0.3) is 0 Å². The molecule has 2 aliphatic heterocycles.